The van der Waals surface area contributed by atoms with E-state index in [1.54, 1.807) is 24.1 Å². The molecule has 0 saturated heterocycles. The van der Waals surface area contributed by atoms with Gasteiger partial charge in [-0.2, -0.15) is 0 Å². The molecule has 2 amide bonds. The maximum atomic E-state index is 13.7. The van der Waals surface area contributed by atoms with Crippen molar-refractivity contribution in [2.24, 2.45) is 11.8 Å². The fraction of sp³-hybridized carbons (Fsp3) is 0.400. The normalized spacial score (nSPS) is 11.1. The molecule has 37 heavy (non-hydrogen) atoms. The zero-order chi connectivity index (χ0) is 26.9. The number of halogens is 1. The van der Waals surface area contributed by atoms with Gasteiger partial charge in [0.05, 0.1) is 19.2 Å². The lowest BCUT2D eigenvalue weighted by molar-refractivity contribution is -0.133. The van der Waals surface area contributed by atoms with Crippen LogP contribution < -0.4 is 4.74 Å². The van der Waals surface area contributed by atoms with Gasteiger partial charge in [-0.25, -0.2) is 0 Å². The Kier molecular flexibility index (Phi) is 10.2. The molecular formula is C30H38ClN3O3. The molecule has 0 spiro atoms. The highest BCUT2D eigenvalue weighted by molar-refractivity contribution is 6.31. The van der Waals surface area contributed by atoms with E-state index in [0.717, 1.165) is 16.3 Å². The van der Waals surface area contributed by atoms with E-state index >= 15 is 0 Å². The number of hydrogen-bond donors (Lipinski definition) is 0. The Bertz CT molecular complexity index is 1190. The van der Waals surface area contributed by atoms with Crippen LogP contribution in [0.15, 0.2) is 66.9 Å². The minimum Gasteiger partial charge on any atom is -0.496 e. The molecule has 0 N–H and O–H groups in total. The van der Waals surface area contributed by atoms with Crippen LogP contribution >= 0.6 is 11.6 Å². The molecule has 6 nitrogen and oxygen atoms in total. The number of benzene rings is 2. The molecule has 1 heterocycles. The third kappa shape index (κ3) is 7.86. The maximum Gasteiger partial charge on any atom is 0.258 e. The number of carbonyl (C=O) groups is 2. The van der Waals surface area contributed by atoms with Crippen LogP contribution in [-0.2, 0) is 17.9 Å². The van der Waals surface area contributed by atoms with Crippen LogP contribution in [0.5, 0.6) is 5.75 Å². The monoisotopic (exact) mass is 523 g/mol. The first-order valence-electron chi connectivity index (χ1n) is 12.8. The summed E-state index contributed by atoms with van der Waals surface area (Å²) in [4.78, 5) is 30.7. The summed E-state index contributed by atoms with van der Waals surface area (Å²) in [6.07, 6.45) is 2.01. The van der Waals surface area contributed by atoms with Crippen LogP contribution in [0.2, 0.25) is 5.02 Å². The van der Waals surface area contributed by atoms with E-state index in [4.69, 9.17) is 16.3 Å². The van der Waals surface area contributed by atoms with E-state index in [9.17, 15) is 9.59 Å². The Morgan fingerprint density at radius 2 is 1.54 bits per heavy atom. The second-order valence-corrected chi connectivity index (χ2v) is 10.6. The number of nitrogens with zero attached hydrogens (tertiary/aromatic N) is 3. The first-order valence-corrected chi connectivity index (χ1v) is 13.1. The van der Waals surface area contributed by atoms with E-state index in [2.05, 4.69) is 18.4 Å². The quantitative estimate of drug-likeness (QED) is 0.293. The third-order valence-corrected chi connectivity index (χ3v) is 6.42. The van der Waals surface area contributed by atoms with Gasteiger partial charge < -0.3 is 19.1 Å². The van der Waals surface area contributed by atoms with E-state index in [-0.39, 0.29) is 30.2 Å². The summed E-state index contributed by atoms with van der Waals surface area (Å²) in [5.74, 6) is 0.705. The van der Waals surface area contributed by atoms with Crippen molar-refractivity contribution in [1.29, 1.82) is 0 Å². The summed E-state index contributed by atoms with van der Waals surface area (Å²) in [5.41, 5.74) is 2.50. The molecule has 1 aromatic heterocycles. The summed E-state index contributed by atoms with van der Waals surface area (Å²) in [6, 6.07) is 18.9. The number of amides is 2. The minimum atomic E-state index is -0.203. The SMILES string of the molecule is COc1ccccc1C(=O)N(CC(=O)N(Cc1cccn1Cc1ccccc1Cl)CC(C)C)CC(C)C. The van der Waals surface area contributed by atoms with Gasteiger partial charge >= 0.3 is 0 Å². The van der Waals surface area contributed by atoms with Crippen molar-refractivity contribution in [2.45, 2.75) is 40.8 Å². The first kappa shape index (κ1) is 28.3. The van der Waals surface area contributed by atoms with Crippen LogP contribution in [0.1, 0.15) is 49.3 Å². The molecule has 3 aromatic rings. The summed E-state index contributed by atoms with van der Waals surface area (Å²) in [5, 5.41) is 0.719. The lowest BCUT2D eigenvalue weighted by Gasteiger charge is -2.30. The van der Waals surface area contributed by atoms with Crippen LogP contribution in [0.4, 0.5) is 0 Å². The number of hydrogen-bond acceptors (Lipinski definition) is 3. The minimum absolute atomic E-state index is 0.00695. The predicted molar refractivity (Wildman–Crippen MR) is 149 cm³/mol. The van der Waals surface area contributed by atoms with Crippen LogP contribution in [0.25, 0.3) is 0 Å². The molecule has 7 heteroatoms. The fourth-order valence-corrected chi connectivity index (χ4v) is 4.56. The smallest absolute Gasteiger partial charge is 0.258 e. The van der Waals surface area contributed by atoms with Crippen LogP contribution in [-0.4, -0.2) is 52.9 Å². The zero-order valence-corrected chi connectivity index (χ0v) is 23.2. The Labute approximate surface area is 225 Å². The Balaban J connectivity index is 1.82. The fourth-order valence-electron chi connectivity index (χ4n) is 4.36. The first-order chi connectivity index (χ1) is 17.7. The number of rotatable bonds is 12. The van der Waals surface area contributed by atoms with Gasteiger partial charge in [-0.1, -0.05) is 69.6 Å². The summed E-state index contributed by atoms with van der Waals surface area (Å²) >= 11 is 6.39. The van der Waals surface area contributed by atoms with Gasteiger partial charge in [-0.05, 0) is 47.7 Å². The average Bonchev–Trinajstić information content (AvgIpc) is 3.30. The Morgan fingerprint density at radius 3 is 2.22 bits per heavy atom. The van der Waals surface area contributed by atoms with Crippen molar-refractivity contribution in [2.75, 3.05) is 26.7 Å². The molecule has 0 aliphatic heterocycles. The van der Waals surface area contributed by atoms with Crippen molar-refractivity contribution in [3.8, 4) is 5.75 Å². The Hall–Kier alpha value is -3.25. The van der Waals surface area contributed by atoms with Crippen molar-refractivity contribution in [3.63, 3.8) is 0 Å². The molecule has 0 fully saturated rings. The van der Waals surface area contributed by atoms with E-state index in [1.807, 2.05) is 73.5 Å². The number of para-hydroxylation sites is 1. The largest absolute Gasteiger partial charge is 0.496 e. The molecule has 0 aliphatic carbocycles. The molecular weight excluding hydrogens is 486 g/mol. The van der Waals surface area contributed by atoms with Crippen molar-refractivity contribution in [1.82, 2.24) is 14.4 Å². The molecule has 3 rings (SSSR count). The zero-order valence-electron chi connectivity index (χ0n) is 22.5. The molecule has 0 radical (unpaired) electrons. The second kappa shape index (κ2) is 13.3. The molecule has 0 aliphatic rings. The van der Waals surface area contributed by atoms with Crippen LogP contribution in [0.3, 0.4) is 0 Å². The molecule has 198 valence electrons. The highest BCUT2D eigenvalue weighted by Crippen LogP contribution is 2.21. The van der Waals surface area contributed by atoms with Crippen molar-refractivity contribution in [3.05, 3.63) is 88.7 Å². The van der Waals surface area contributed by atoms with E-state index in [0.29, 0.717) is 37.5 Å². The highest BCUT2D eigenvalue weighted by Gasteiger charge is 2.26. The van der Waals surface area contributed by atoms with E-state index in [1.165, 1.54) is 0 Å². The van der Waals surface area contributed by atoms with Gasteiger partial charge in [0.25, 0.3) is 5.91 Å². The lowest BCUT2D eigenvalue weighted by Crippen LogP contribution is -2.45. The van der Waals surface area contributed by atoms with Crippen molar-refractivity contribution < 1.29 is 14.3 Å². The molecule has 0 bridgehead atoms. The maximum absolute atomic E-state index is 13.7. The van der Waals surface area contributed by atoms with Gasteiger partial charge in [0.15, 0.2) is 0 Å². The number of ether oxygens (including phenoxy) is 1. The lowest BCUT2D eigenvalue weighted by atomic mass is 10.1. The Morgan fingerprint density at radius 1 is 0.892 bits per heavy atom. The van der Waals surface area contributed by atoms with Gasteiger partial charge in [-0.15, -0.1) is 0 Å². The van der Waals surface area contributed by atoms with Gasteiger partial charge in [0.1, 0.15) is 12.3 Å². The van der Waals surface area contributed by atoms with Gasteiger partial charge in [0.2, 0.25) is 5.91 Å². The van der Waals surface area contributed by atoms with Gasteiger partial charge in [0, 0.05) is 36.5 Å². The third-order valence-electron chi connectivity index (χ3n) is 6.05. The molecule has 0 atom stereocenters. The molecule has 0 unspecified atom stereocenters. The van der Waals surface area contributed by atoms with Gasteiger partial charge in [-0.3, -0.25) is 9.59 Å². The molecule has 2 aromatic carbocycles. The number of carbonyl (C=O) groups excluding carboxylic acids is 2. The van der Waals surface area contributed by atoms with Crippen LogP contribution in [0, 0.1) is 11.8 Å². The molecule has 0 saturated carbocycles. The van der Waals surface area contributed by atoms with E-state index < -0.39 is 0 Å². The standard InChI is InChI=1S/C30H38ClN3O3/c1-22(2)17-33(20-25-12-10-16-32(25)19-24-11-6-8-14-27(24)31)29(35)21-34(18-23(3)4)30(36)26-13-7-9-15-28(26)37-5/h6-16,22-23H,17-21H2,1-5H3. The summed E-state index contributed by atoms with van der Waals surface area (Å²) in [6.45, 7) is 10.4. The topological polar surface area (TPSA) is 54.8 Å². The second-order valence-electron chi connectivity index (χ2n) is 10.2. The summed E-state index contributed by atoms with van der Waals surface area (Å²) < 4.78 is 7.53. The van der Waals surface area contributed by atoms with Crippen molar-refractivity contribution >= 4 is 23.4 Å². The highest BCUT2D eigenvalue weighted by atomic mass is 35.5. The average molecular weight is 524 g/mol. The summed E-state index contributed by atoms with van der Waals surface area (Å²) in [7, 11) is 1.55. The number of methoxy groups -OCH3 is 1. The number of aromatic nitrogens is 1. The predicted octanol–water partition coefficient (Wildman–Crippen LogP) is 5.98.